The van der Waals surface area contributed by atoms with Gasteiger partial charge in [-0.25, -0.2) is 9.59 Å². The Balaban J connectivity index is 1.25. The molecule has 0 atom stereocenters. The van der Waals surface area contributed by atoms with E-state index in [2.05, 4.69) is 40.2 Å². The molecule has 3 aromatic carbocycles. The maximum Gasteiger partial charge on any atom is 0.409 e. The average Bonchev–Trinajstić information content (AvgIpc) is 3.20. The Labute approximate surface area is 225 Å². The maximum atomic E-state index is 13.1. The van der Waals surface area contributed by atoms with Gasteiger partial charge in [-0.2, -0.15) is 0 Å². The summed E-state index contributed by atoms with van der Waals surface area (Å²) in [6.45, 7) is 1.00. The molecule has 1 N–H and O–H groups in total. The van der Waals surface area contributed by atoms with Crippen molar-refractivity contribution in [3.05, 3.63) is 94.0 Å². The van der Waals surface area contributed by atoms with Crippen molar-refractivity contribution in [2.45, 2.75) is 37.2 Å². The van der Waals surface area contributed by atoms with E-state index in [4.69, 9.17) is 9.47 Å². The van der Waals surface area contributed by atoms with Crippen LogP contribution in [0.15, 0.2) is 77.3 Å². The Morgan fingerprint density at radius 3 is 2.14 bits per heavy atom. The number of likely N-dealkylation sites (tertiary alicyclic amines) is 1. The van der Waals surface area contributed by atoms with Crippen LogP contribution in [-0.4, -0.2) is 48.4 Å². The van der Waals surface area contributed by atoms with Crippen LogP contribution < -0.4 is 0 Å². The van der Waals surface area contributed by atoms with E-state index in [-0.39, 0.29) is 18.6 Å². The van der Waals surface area contributed by atoms with Gasteiger partial charge in [0.2, 0.25) is 0 Å². The number of ether oxygens (including phenoxy) is 2. The molecule has 1 amide bonds. The van der Waals surface area contributed by atoms with Crippen molar-refractivity contribution >= 4 is 28.0 Å². The third kappa shape index (κ3) is 5.43. The van der Waals surface area contributed by atoms with Crippen molar-refractivity contribution in [2.24, 2.45) is 0 Å². The minimum atomic E-state index is -0.989. The number of rotatable bonds is 6. The lowest BCUT2D eigenvalue weighted by molar-refractivity contribution is -0.152. The van der Waals surface area contributed by atoms with Gasteiger partial charge in [0.05, 0.1) is 5.60 Å². The van der Waals surface area contributed by atoms with E-state index in [1.54, 1.807) is 4.90 Å². The summed E-state index contributed by atoms with van der Waals surface area (Å²) in [4.78, 5) is 26.2. The Morgan fingerprint density at radius 2 is 1.54 bits per heavy atom. The first kappa shape index (κ1) is 25.5. The Bertz CT molecular complexity index is 1240. The Morgan fingerprint density at radius 1 is 0.919 bits per heavy atom. The summed E-state index contributed by atoms with van der Waals surface area (Å²) in [5.41, 5.74) is 5.05. The lowest BCUT2D eigenvalue weighted by atomic mass is 9.83. The fraction of sp³-hybridized carbons (Fsp3) is 0.333. The topological polar surface area (TPSA) is 76.1 Å². The van der Waals surface area contributed by atoms with Gasteiger partial charge in [0.1, 0.15) is 13.2 Å². The average molecular weight is 564 g/mol. The van der Waals surface area contributed by atoms with Crippen molar-refractivity contribution in [3.63, 3.8) is 0 Å². The van der Waals surface area contributed by atoms with Crippen molar-refractivity contribution in [1.82, 2.24) is 4.90 Å². The maximum absolute atomic E-state index is 13.1. The Kier molecular flexibility index (Phi) is 7.63. The lowest BCUT2D eigenvalue weighted by Gasteiger charge is -2.38. The van der Waals surface area contributed by atoms with E-state index in [1.165, 1.54) is 22.3 Å². The number of benzene rings is 3. The van der Waals surface area contributed by atoms with E-state index in [9.17, 15) is 14.7 Å². The minimum absolute atomic E-state index is 0.0275. The SMILES string of the molecule is O=C(O)COC1(c2cccc(Br)c2)CCCN(C(=O)OCC2c3ccccc3-c3ccccc32)CCC1. The number of fused-ring (bicyclic) bond motifs is 3. The second-order valence-corrected chi connectivity index (χ2v) is 10.6. The number of carboxylic acid groups (broad SMARTS) is 1. The van der Waals surface area contributed by atoms with Crippen LogP contribution in [-0.2, 0) is 19.9 Å². The van der Waals surface area contributed by atoms with Gasteiger partial charge in [-0.05, 0) is 65.6 Å². The molecule has 7 heteroatoms. The fourth-order valence-corrected chi connectivity index (χ4v) is 6.10. The molecule has 0 unspecified atom stereocenters. The Hall–Kier alpha value is -3.16. The van der Waals surface area contributed by atoms with Crippen LogP contribution in [0.1, 0.15) is 48.3 Å². The summed E-state index contributed by atoms with van der Waals surface area (Å²) >= 11 is 3.52. The van der Waals surface area contributed by atoms with Crippen molar-refractivity contribution in [2.75, 3.05) is 26.3 Å². The highest BCUT2D eigenvalue weighted by atomic mass is 79.9. The zero-order chi connectivity index (χ0) is 25.8. The third-order valence-corrected chi connectivity index (χ3v) is 7.93. The molecule has 5 rings (SSSR count). The van der Waals surface area contributed by atoms with E-state index in [0.717, 1.165) is 10.0 Å². The number of carbonyl (C=O) groups excluding carboxylic acids is 1. The molecular formula is C30H30BrNO5. The van der Waals surface area contributed by atoms with Crippen LogP contribution in [0, 0.1) is 0 Å². The number of carboxylic acids is 1. The molecule has 192 valence electrons. The molecule has 0 spiro atoms. The van der Waals surface area contributed by atoms with Gasteiger partial charge in [0.25, 0.3) is 0 Å². The van der Waals surface area contributed by atoms with Crippen LogP contribution in [0.5, 0.6) is 0 Å². The summed E-state index contributed by atoms with van der Waals surface area (Å²) in [6, 6.07) is 24.5. The van der Waals surface area contributed by atoms with Crippen LogP contribution in [0.25, 0.3) is 11.1 Å². The predicted molar refractivity (Wildman–Crippen MR) is 145 cm³/mol. The summed E-state index contributed by atoms with van der Waals surface area (Å²) in [6.07, 6.45) is 2.28. The molecule has 0 radical (unpaired) electrons. The van der Waals surface area contributed by atoms with Gasteiger partial charge < -0.3 is 19.5 Å². The van der Waals surface area contributed by atoms with E-state index in [0.29, 0.717) is 45.4 Å². The standard InChI is InChI=1S/C30H30BrNO5/c31-22-9-5-8-21(18-22)30(37-20-28(33)34)14-6-16-32(17-7-15-30)29(35)36-19-27-25-12-3-1-10-23(25)24-11-2-4-13-26(24)27/h1-5,8-13,18,27H,6-7,14-17,19-20H2,(H,33,34). The number of aliphatic carboxylic acids is 1. The highest BCUT2D eigenvalue weighted by Crippen LogP contribution is 2.44. The number of hydrogen-bond donors (Lipinski definition) is 1. The molecule has 1 fully saturated rings. The first-order chi connectivity index (χ1) is 18.0. The zero-order valence-electron chi connectivity index (χ0n) is 20.6. The smallest absolute Gasteiger partial charge is 0.409 e. The number of amides is 1. The van der Waals surface area contributed by atoms with Crippen LogP contribution in [0.3, 0.4) is 0 Å². The van der Waals surface area contributed by atoms with Crippen molar-refractivity contribution in [3.8, 4) is 11.1 Å². The summed E-state index contributed by atoms with van der Waals surface area (Å²) in [5.74, 6) is -0.962. The first-order valence-electron chi connectivity index (χ1n) is 12.7. The normalized spacial score (nSPS) is 16.8. The quantitative estimate of drug-likeness (QED) is 0.367. The molecular weight excluding hydrogens is 534 g/mol. The van der Waals surface area contributed by atoms with Gasteiger partial charge >= 0.3 is 12.1 Å². The van der Waals surface area contributed by atoms with Crippen LogP contribution in [0.4, 0.5) is 4.79 Å². The highest BCUT2D eigenvalue weighted by Gasteiger charge is 2.36. The van der Waals surface area contributed by atoms with Crippen LogP contribution in [0.2, 0.25) is 0 Å². The molecule has 1 aliphatic heterocycles. The molecule has 0 aromatic heterocycles. The van der Waals surface area contributed by atoms with Gasteiger partial charge in [-0.15, -0.1) is 0 Å². The summed E-state index contributed by atoms with van der Waals surface area (Å²) < 4.78 is 12.8. The number of carbonyl (C=O) groups is 2. The fourth-order valence-electron chi connectivity index (χ4n) is 5.70. The van der Waals surface area contributed by atoms with E-state index in [1.807, 2.05) is 48.5 Å². The number of halogens is 1. The molecule has 1 saturated heterocycles. The molecule has 3 aromatic rings. The van der Waals surface area contributed by atoms with Crippen molar-refractivity contribution < 1.29 is 24.2 Å². The van der Waals surface area contributed by atoms with Gasteiger partial charge in [0.15, 0.2) is 0 Å². The first-order valence-corrected chi connectivity index (χ1v) is 13.5. The third-order valence-electron chi connectivity index (χ3n) is 7.43. The molecule has 2 aliphatic rings. The van der Waals surface area contributed by atoms with Gasteiger partial charge in [-0.3, -0.25) is 0 Å². The van der Waals surface area contributed by atoms with Gasteiger partial charge in [0, 0.05) is 23.5 Å². The monoisotopic (exact) mass is 563 g/mol. The molecule has 0 bridgehead atoms. The van der Waals surface area contributed by atoms with E-state index >= 15 is 0 Å². The second-order valence-electron chi connectivity index (χ2n) is 9.69. The zero-order valence-corrected chi connectivity index (χ0v) is 22.2. The van der Waals surface area contributed by atoms with E-state index < -0.39 is 11.6 Å². The summed E-state index contributed by atoms with van der Waals surface area (Å²) in [5, 5.41) is 9.27. The summed E-state index contributed by atoms with van der Waals surface area (Å²) in [7, 11) is 0. The molecule has 1 heterocycles. The van der Waals surface area contributed by atoms with Crippen LogP contribution >= 0.6 is 15.9 Å². The second kappa shape index (κ2) is 11.1. The van der Waals surface area contributed by atoms with Gasteiger partial charge in [-0.1, -0.05) is 76.6 Å². The number of nitrogens with zero attached hydrogens (tertiary/aromatic N) is 1. The van der Waals surface area contributed by atoms with Crippen molar-refractivity contribution in [1.29, 1.82) is 0 Å². The molecule has 1 aliphatic carbocycles. The molecule has 37 heavy (non-hydrogen) atoms. The molecule has 0 saturated carbocycles. The predicted octanol–water partition coefficient (Wildman–Crippen LogP) is 6.57. The number of hydrogen-bond acceptors (Lipinski definition) is 4. The lowest BCUT2D eigenvalue weighted by Crippen LogP contribution is -2.40. The largest absolute Gasteiger partial charge is 0.480 e. The minimum Gasteiger partial charge on any atom is -0.480 e. The molecule has 6 nitrogen and oxygen atoms in total. The highest BCUT2D eigenvalue weighted by molar-refractivity contribution is 9.10.